The average molecular weight is 278 g/mol. The smallest absolute Gasteiger partial charge is 0.328 e. The van der Waals surface area contributed by atoms with Crippen molar-refractivity contribution in [1.29, 1.82) is 0 Å². The molecular formula is C14H14O6. The van der Waals surface area contributed by atoms with Gasteiger partial charge in [0.15, 0.2) is 0 Å². The summed E-state index contributed by atoms with van der Waals surface area (Å²) in [5.74, 6) is -3.08. The average Bonchev–Trinajstić information content (AvgIpc) is 2.34. The molecule has 0 aliphatic carbocycles. The number of carboxylic acid groups (broad SMARTS) is 3. The van der Waals surface area contributed by atoms with E-state index in [1.165, 1.54) is 6.08 Å². The molecule has 0 amide bonds. The Hall–Kier alpha value is -2.63. The first kappa shape index (κ1) is 15.4. The van der Waals surface area contributed by atoms with Crippen LogP contribution < -0.4 is 0 Å². The Morgan fingerprint density at radius 3 is 2.25 bits per heavy atom. The maximum absolute atomic E-state index is 10.8. The largest absolute Gasteiger partial charge is 0.481 e. The zero-order valence-electron chi connectivity index (χ0n) is 10.6. The minimum absolute atomic E-state index is 0.0864. The van der Waals surface area contributed by atoms with Crippen LogP contribution in [0.25, 0.3) is 6.08 Å². The molecule has 0 heterocycles. The van der Waals surface area contributed by atoms with Crippen LogP contribution in [-0.4, -0.2) is 33.2 Å². The molecule has 0 radical (unpaired) electrons. The second kappa shape index (κ2) is 7.08. The summed E-state index contributed by atoms with van der Waals surface area (Å²) in [5.41, 5.74) is 1.69. The lowest BCUT2D eigenvalue weighted by Gasteiger charge is -2.08. The van der Waals surface area contributed by atoms with Gasteiger partial charge in [-0.2, -0.15) is 0 Å². The molecule has 0 saturated heterocycles. The normalized spacial score (nSPS) is 10.6. The quantitative estimate of drug-likeness (QED) is 0.650. The summed E-state index contributed by atoms with van der Waals surface area (Å²) < 4.78 is 0. The zero-order valence-corrected chi connectivity index (χ0v) is 10.6. The van der Waals surface area contributed by atoms with Crippen LogP contribution in [0.15, 0.2) is 24.3 Å². The topological polar surface area (TPSA) is 112 Å². The van der Waals surface area contributed by atoms with Crippen molar-refractivity contribution in [3.05, 3.63) is 41.0 Å². The number of benzene rings is 1. The molecule has 6 heteroatoms. The van der Waals surface area contributed by atoms with Crippen LogP contribution >= 0.6 is 0 Å². The molecule has 0 saturated carbocycles. The predicted molar refractivity (Wildman–Crippen MR) is 70.4 cm³/mol. The Kier molecular flexibility index (Phi) is 5.46. The van der Waals surface area contributed by atoms with E-state index in [4.69, 9.17) is 15.3 Å². The van der Waals surface area contributed by atoms with Gasteiger partial charge in [0, 0.05) is 12.5 Å². The molecule has 0 fully saturated rings. The highest BCUT2D eigenvalue weighted by Crippen LogP contribution is 2.16. The first-order valence-electron chi connectivity index (χ1n) is 5.85. The lowest BCUT2D eigenvalue weighted by Crippen LogP contribution is -2.06. The van der Waals surface area contributed by atoms with E-state index in [1.54, 1.807) is 18.2 Å². The van der Waals surface area contributed by atoms with E-state index < -0.39 is 17.9 Å². The Bertz CT molecular complexity index is 559. The van der Waals surface area contributed by atoms with E-state index in [1.807, 2.05) is 0 Å². The van der Waals surface area contributed by atoms with Crippen LogP contribution in [0.5, 0.6) is 0 Å². The molecule has 0 atom stereocenters. The maximum atomic E-state index is 10.8. The molecule has 1 aromatic carbocycles. The van der Waals surface area contributed by atoms with E-state index in [0.717, 1.165) is 6.08 Å². The highest BCUT2D eigenvalue weighted by molar-refractivity contribution is 5.85. The van der Waals surface area contributed by atoms with Gasteiger partial charge in [0.25, 0.3) is 0 Å². The molecule has 106 valence electrons. The fourth-order valence-electron chi connectivity index (χ4n) is 1.73. The fourth-order valence-corrected chi connectivity index (χ4v) is 1.73. The van der Waals surface area contributed by atoms with Crippen molar-refractivity contribution in [3.63, 3.8) is 0 Å². The van der Waals surface area contributed by atoms with Crippen molar-refractivity contribution in [3.8, 4) is 0 Å². The van der Waals surface area contributed by atoms with Gasteiger partial charge in [0.2, 0.25) is 0 Å². The standard InChI is InChI=1S/C14H14O6/c15-12(16)5-2-9-1-3-10(4-6-13(17)18)11(7-9)8-14(19)20/h1-3,5,7H,4,6,8H2,(H,15,16)(H,17,18)(H,19,20)/b5-2+. The van der Waals surface area contributed by atoms with Gasteiger partial charge in [-0.05, 0) is 29.2 Å². The summed E-state index contributed by atoms with van der Waals surface area (Å²) in [7, 11) is 0. The number of aliphatic carboxylic acids is 3. The third-order valence-electron chi connectivity index (χ3n) is 2.60. The molecule has 3 N–H and O–H groups in total. The number of aryl methyl sites for hydroxylation is 1. The number of hydrogen-bond donors (Lipinski definition) is 3. The van der Waals surface area contributed by atoms with Gasteiger partial charge in [0.1, 0.15) is 0 Å². The SMILES string of the molecule is O=C(O)/C=C/c1ccc(CCC(=O)O)c(CC(=O)O)c1. The van der Waals surface area contributed by atoms with Crippen molar-refractivity contribution in [1.82, 2.24) is 0 Å². The van der Waals surface area contributed by atoms with Gasteiger partial charge in [-0.25, -0.2) is 4.79 Å². The van der Waals surface area contributed by atoms with Gasteiger partial charge >= 0.3 is 17.9 Å². The first-order chi connectivity index (χ1) is 9.38. The van der Waals surface area contributed by atoms with Gasteiger partial charge in [0.05, 0.1) is 6.42 Å². The van der Waals surface area contributed by atoms with Gasteiger partial charge in [-0.1, -0.05) is 18.2 Å². The lowest BCUT2D eigenvalue weighted by atomic mass is 9.97. The van der Waals surface area contributed by atoms with Crippen LogP contribution in [0, 0.1) is 0 Å². The summed E-state index contributed by atoms with van der Waals surface area (Å²) in [6.45, 7) is 0. The number of rotatable bonds is 7. The molecule has 0 unspecified atom stereocenters. The van der Waals surface area contributed by atoms with E-state index >= 15 is 0 Å². The molecule has 1 aromatic rings. The van der Waals surface area contributed by atoms with Crippen LogP contribution in [0.1, 0.15) is 23.1 Å². The summed E-state index contributed by atoms with van der Waals surface area (Å²) in [6, 6.07) is 4.81. The third kappa shape index (κ3) is 5.34. The van der Waals surface area contributed by atoms with Crippen LogP contribution in [0.3, 0.4) is 0 Å². The molecule has 1 rings (SSSR count). The molecule has 0 aromatic heterocycles. The van der Waals surface area contributed by atoms with Crippen molar-refractivity contribution >= 4 is 24.0 Å². The summed E-state index contributed by atoms with van der Waals surface area (Å²) in [6.07, 6.45) is 2.23. The zero-order chi connectivity index (χ0) is 15.1. The maximum Gasteiger partial charge on any atom is 0.328 e. The lowest BCUT2D eigenvalue weighted by molar-refractivity contribution is -0.137. The molecule has 20 heavy (non-hydrogen) atoms. The van der Waals surface area contributed by atoms with Gasteiger partial charge < -0.3 is 15.3 Å². The highest BCUT2D eigenvalue weighted by Gasteiger charge is 2.09. The van der Waals surface area contributed by atoms with E-state index in [-0.39, 0.29) is 19.3 Å². The van der Waals surface area contributed by atoms with Crippen LogP contribution in [0.2, 0.25) is 0 Å². The summed E-state index contributed by atoms with van der Waals surface area (Å²) >= 11 is 0. The molecule has 0 aliphatic heterocycles. The first-order valence-corrected chi connectivity index (χ1v) is 5.85. The molecule has 0 bridgehead atoms. The number of hydrogen-bond acceptors (Lipinski definition) is 3. The minimum atomic E-state index is -1.10. The molecule has 0 spiro atoms. The van der Waals surface area contributed by atoms with Gasteiger partial charge in [-0.15, -0.1) is 0 Å². The Morgan fingerprint density at radius 1 is 1.00 bits per heavy atom. The van der Waals surface area contributed by atoms with Crippen LogP contribution in [-0.2, 0) is 27.2 Å². The second-order valence-electron chi connectivity index (χ2n) is 4.16. The molecule has 6 nitrogen and oxygen atoms in total. The van der Waals surface area contributed by atoms with Crippen molar-refractivity contribution in [2.75, 3.05) is 0 Å². The number of carbonyl (C=O) groups is 3. The summed E-state index contributed by atoms with van der Waals surface area (Å²) in [4.78, 5) is 31.8. The van der Waals surface area contributed by atoms with E-state index in [2.05, 4.69) is 0 Å². The van der Waals surface area contributed by atoms with Gasteiger partial charge in [-0.3, -0.25) is 9.59 Å². The van der Waals surface area contributed by atoms with Crippen molar-refractivity contribution in [2.45, 2.75) is 19.3 Å². The van der Waals surface area contributed by atoms with Crippen molar-refractivity contribution in [2.24, 2.45) is 0 Å². The minimum Gasteiger partial charge on any atom is -0.481 e. The molecular weight excluding hydrogens is 264 g/mol. The highest BCUT2D eigenvalue weighted by atomic mass is 16.4. The third-order valence-corrected chi connectivity index (χ3v) is 2.60. The predicted octanol–water partition coefficient (Wildman–Crippen LogP) is 1.43. The second-order valence-corrected chi connectivity index (χ2v) is 4.16. The molecule has 0 aliphatic rings. The number of carboxylic acids is 3. The van der Waals surface area contributed by atoms with E-state index in [0.29, 0.717) is 16.7 Å². The fraction of sp³-hybridized carbons (Fsp3) is 0.214. The Balaban J connectivity index is 3.02. The van der Waals surface area contributed by atoms with Crippen LogP contribution in [0.4, 0.5) is 0 Å². The monoisotopic (exact) mass is 278 g/mol. The summed E-state index contributed by atoms with van der Waals surface area (Å²) in [5, 5.41) is 26.0. The van der Waals surface area contributed by atoms with E-state index in [9.17, 15) is 14.4 Å². The Morgan fingerprint density at radius 2 is 1.70 bits per heavy atom. The van der Waals surface area contributed by atoms with Crippen molar-refractivity contribution < 1.29 is 29.7 Å². The Labute approximate surface area is 115 Å².